The van der Waals surface area contributed by atoms with Gasteiger partial charge < -0.3 is 13.9 Å². The second-order valence-corrected chi connectivity index (χ2v) is 18.1. The molecule has 3 nitrogen and oxygen atoms in total. The van der Waals surface area contributed by atoms with Crippen LogP contribution in [0.15, 0.2) is 259 Å². The van der Waals surface area contributed by atoms with E-state index >= 15 is 0 Å². The Hall–Kier alpha value is -9.18. The fraction of sp³-hybridized carbons (Fsp3) is 0. The standard InChI is InChI=1S/C66H42N2O/c1-3-13-43(14-4-1)47-28-36-63-60(40-47)61-41-48(29-37-64(61)68(63)49-15-5-2-6-16-49)45-25-32-51(33-26-45)67(52-34-38-66-62(42-52)58-21-11-12-22-65(58)69-66)50-30-23-44(24-31-50)46-27-35-57-55-19-8-7-17-53(55)54-18-9-10-20-56(54)59(57)39-46/h1-42H. The number of benzene rings is 12. The summed E-state index contributed by atoms with van der Waals surface area (Å²) in [6, 6.07) is 92.5. The molecule has 2 heterocycles. The minimum Gasteiger partial charge on any atom is -0.456 e. The van der Waals surface area contributed by atoms with Crippen LogP contribution in [0.3, 0.4) is 0 Å². The number of hydrogen-bond donors (Lipinski definition) is 0. The van der Waals surface area contributed by atoms with E-state index in [-0.39, 0.29) is 0 Å². The Morgan fingerprint density at radius 2 is 0.652 bits per heavy atom. The zero-order valence-electron chi connectivity index (χ0n) is 37.6. The summed E-state index contributed by atoms with van der Waals surface area (Å²) in [6.07, 6.45) is 0. The van der Waals surface area contributed by atoms with E-state index in [0.29, 0.717) is 0 Å². The van der Waals surface area contributed by atoms with Crippen molar-refractivity contribution < 1.29 is 4.42 Å². The van der Waals surface area contributed by atoms with E-state index in [4.69, 9.17) is 4.42 Å². The molecule has 0 fully saturated rings. The van der Waals surface area contributed by atoms with E-state index in [2.05, 4.69) is 252 Å². The smallest absolute Gasteiger partial charge is 0.135 e. The minimum absolute atomic E-state index is 0.877. The first-order valence-corrected chi connectivity index (χ1v) is 23.6. The third-order valence-electron chi connectivity index (χ3n) is 14.2. The van der Waals surface area contributed by atoms with Crippen molar-refractivity contribution in [2.24, 2.45) is 0 Å². The summed E-state index contributed by atoms with van der Waals surface area (Å²) in [5.41, 5.74) is 15.6. The highest BCUT2D eigenvalue weighted by Crippen LogP contribution is 2.43. The normalized spacial score (nSPS) is 11.8. The Labute approximate surface area is 399 Å². The third kappa shape index (κ3) is 6.43. The lowest BCUT2D eigenvalue weighted by Gasteiger charge is -2.26. The molecule has 3 heteroatoms. The van der Waals surface area contributed by atoms with Crippen LogP contribution in [-0.2, 0) is 0 Å². The number of hydrogen-bond acceptors (Lipinski definition) is 2. The molecule has 0 saturated carbocycles. The van der Waals surface area contributed by atoms with Gasteiger partial charge in [0, 0.05) is 44.3 Å². The molecule has 0 N–H and O–H groups in total. The summed E-state index contributed by atoms with van der Waals surface area (Å²) in [4.78, 5) is 2.36. The van der Waals surface area contributed by atoms with Gasteiger partial charge in [-0.05, 0) is 157 Å². The summed E-state index contributed by atoms with van der Waals surface area (Å²) in [6.45, 7) is 0. The molecular weight excluding hydrogens is 837 g/mol. The molecule has 2 aromatic heterocycles. The minimum atomic E-state index is 0.877. The highest BCUT2D eigenvalue weighted by Gasteiger charge is 2.19. The van der Waals surface area contributed by atoms with Gasteiger partial charge in [0.15, 0.2) is 0 Å². The number of nitrogens with zero attached hydrogens (tertiary/aromatic N) is 2. The molecule has 12 aromatic carbocycles. The number of furan rings is 1. The molecule has 0 aliphatic carbocycles. The maximum atomic E-state index is 6.30. The van der Waals surface area contributed by atoms with Gasteiger partial charge in [0.2, 0.25) is 0 Å². The Balaban J connectivity index is 0.876. The average Bonchev–Trinajstić information content (AvgIpc) is 3.96. The Kier molecular flexibility index (Phi) is 8.90. The second-order valence-electron chi connectivity index (χ2n) is 18.1. The predicted molar refractivity (Wildman–Crippen MR) is 292 cm³/mol. The molecule has 14 aromatic rings. The van der Waals surface area contributed by atoms with E-state index in [1.807, 2.05) is 12.1 Å². The van der Waals surface area contributed by atoms with Gasteiger partial charge in [0.05, 0.1) is 11.0 Å². The van der Waals surface area contributed by atoms with Gasteiger partial charge in [-0.2, -0.15) is 0 Å². The first kappa shape index (κ1) is 39.0. The van der Waals surface area contributed by atoms with Gasteiger partial charge in [0.1, 0.15) is 11.2 Å². The van der Waals surface area contributed by atoms with Crippen molar-refractivity contribution >= 4 is 93.1 Å². The van der Waals surface area contributed by atoms with Crippen molar-refractivity contribution in [3.63, 3.8) is 0 Å². The van der Waals surface area contributed by atoms with Gasteiger partial charge in [-0.15, -0.1) is 0 Å². The summed E-state index contributed by atoms with van der Waals surface area (Å²) in [5, 5.41) is 12.3. The van der Waals surface area contributed by atoms with Gasteiger partial charge in [-0.3, -0.25) is 0 Å². The molecule has 0 aliphatic rings. The van der Waals surface area contributed by atoms with Crippen molar-refractivity contribution in [3.05, 3.63) is 255 Å². The average molecular weight is 879 g/mol. The number of aromatic nitrogens is 1. The highest BCUT2D eigenvalue weighted by atomic mass is 16.3. The Morgan fingerprint density at radius 1 is 0.246 bits per heavy atom. The molecule has 0 unspecified atom stereocenters. The molecular formula is C66H42N2O. The topological polar surface area (TPSA) is 21.3 Å². The quantitative estimate of drug-likeness (QED) is 0.149. The molecule has 0 aliphatic heterocycles. The van der Waals surface area contributed by atoms with Crippen molar-refractivity contribution in [2.75, 3.05) is 4.90 Å². The molecule has 0 atom stereocenters. The Morgan fingerprint density at radius 3 is 1.23 bits per heavy atom. The molecule has 0 saturated heterocycles. The van der Waals surface area contributed by atoms with Crippen LogP contribution in [0.1, 0.15) is 0 Å². The van der Waals surface area contributed by atoms with Gasteiger partial charge in [-0.1, -0.05) is 164 Å². The SMILES string of the molecule is c1ccc(-c2ccc3c(c2)c2cc(-c4ccc(N(c5ccc(-c6ccc7c8ccccc8c8ccccc8c7c6)cc5)c5ccc6oc7ccccc7c6c5)cc4)ccc2n3-c2ccccc2)cc1. The van der Waals surface area contributed by atoms with Crippen LogP contribution in [0.4, 0.5) is 17.1 Å². The van der Waals surface area contributed by atoms with E-state index in [1.54, 1.807) is 0 Å². The van der Waals surface area contributed by atoms with E-state index < -0.39 is 0 Å². The highest BCUT2D eigenvalue weighted by molar-refractivity contribution is 6.25. The van der Waals surface area contributed by atoms with Gasteiger partial charge in [0.25, 0.3) is 0 Å². The zero-order valence-corrected chi connectivity index (χ0v) is 37.6. The number of fused-ring (bicyclic) bond motifs is 12. The van der Waals surface area contributed by atoms with Gasteiger partial charge in [-0.25, -0.2) is 0 Å². The number of rotatable bonds is 7. The van der Waals surface area contributed by atoms with Crippen molar-refractivity contribution in [1.29, 1.82) is 0 Å². The summed E-state index contributed by atoms with van der Waals surface area (Å²) in [7, 11) is 0. The first-order chi connectivity index (χ1) is 34.2. The molecule has 0 spiro atoms. The third-order valence-corrected chi connectivity index (χ3v) is 14.2. The number of anilines is 3. The molecule has 69 heavy (non-hydrogen) atoms. The van der Waals surface area contributed by atoms with E-state index in [9.17, 15) is 0 Å². The fourth-order valence-electron chi connectivity index (χ4n) is 10.9. The second kappa shape index (κ2) is 15.7. The van der Waals surface area contributed by atoms with Crippen molar-refractivity contribution in [1.82, 2.24) is 4.57 Å². The maximum Gasteiger partial charge on any atom is 0.135 e. The van der Waals surface area contributed by atoms with Crippen molar-refractivity contribution in [2.45, 2.75) is 0 Å². The summed E-state index contributed by atoms with van der Waals surface area (Å²) >= 11 is 0. The van der Waals surface area contributed by atoms with Crippen LogP contribution in [0.2, 0.25) is 0 Å². The van der Waals surface area contributed by atoms with E-state index in [1.165, 1.54) is 81.9 Å². The van der Waals surface area contributed by atoms with Crippen molar-refractivity contribution in [3.8, 4) is 39.1 Å². The monoisotopic (exact) mass is 878 g/mol. The first-order valence-electron chi connectivity index (χ1n) is 23.6. The molecule has 0 radical (unpaired) electrons. The van der Waals surface area contributed by atoms with Crippen LogP contribution in [0.5, 0.6) is 0 Å². The molecule has 0 bridgehead atoms. The number of para-hydroxylation sites is 2. The van der Waals surface area contributed by atoms with Gasteiger partial charge >= 0.3 is 0 Å². The van der Waals surface area contributed by atoms with Crippen LogP contribution < -0.4 is 4.90 Å². The predicted octanol–water partition coefficient (Wildman–Crippen LogP) is 18.6. The van der Waals surface area contributed by atoms with E-state index in [0.717, 1.165) is 50.3 Å². The molecule has 322 valence electrons. The zero-order chi connectivity index (χ0) is 45.4. The fourth-order valence-corrected chi connectivity index (χ4v) is 10.9. The summed E-state index contributed by atoms with van der Waals surface area (Å²) < 4.78 is 8.69. The lowest BCUT2D eigenvalue weighted by molar-refractivity contribution is 0.669. The van der Waals surface area contributed by atoms with Crippen LogP contribution in [-0.4, -0.2) is 4.57 Å². The lowest BCUT2D eigenvalue weighted by atomic mass is 9.92. The van der Waals surface area contributed by atoms with Crippen LogP contribution in [0, 0.1) is 0 Å². The lowest BCUT2D eigenvalue weighted by Crippen LogP contribution is -2.09. The molecule has 14 rings (SSSR count). The largest absolute Gasteiger partial charge is 0.456 e. The van der Waals surface area contributed by atoms with Crippen LogP contribution in [0.25, 0.3) is 115 Å². The van der Waals surface area contributed by atoms with Crippen LogP contribution >= 0.6 is 0 Å². The molecule has 0 amide bonds. The Bertz CT molecular complexity index is 4240. The summed E-state index contributed by atoms with van der Waals surface area (Å²) in [5.74, 6) is 0. The maximum absolute atomic E-state index is 6.30.